The van der Waals surface area contributed by atoms with Crippen LogP contribution >= 0.6 is 0 Å². The maximum absolute atomic E-state index is 11.8. The second kappa shape index (κ2) is 8.92. The van der Waals surface area contributed by atoms with Gasteiger partial charge in [-0.2, -0.15) is 0 Å². The number of fused-ring (bicyclic) bond motifs is 1. The molecule has 5 N–H and O–H groups in total. The van der Waals surface area contributed by atoms with E-state index >= 15 is 0 Å². The molecule has 0 radical (unpaired) electrons. The third kappa shape index (κ3) is 4.53. The average Bonchev–Trinajstić information content (AvgIpc) is 2.87. The fraction of sp³-hybridized carbons (Fsp3) is 0.765. The van der Waals surface area contributed by atoms with Crippen molar-refractivity contribution in [3.63, 3.8) is 0 Å². The average molecular weight is 422 g/mol. The van der Waals surface area contributed by atoms with Crippen LogP contribution in [0.25, 0.3) is 0 Å². The standard InChI is InChI=1S/C17H26O12/c1-16(23)6-9(19)17(24)4-5-27-15(11(16)17)29-14(10(20)13(22)26-3)28-8(7-18)12(21)25-2/h4-5,8-11,14-15,18-20,23-24H,6-7H2,1-3H3/t8-,9-,10+,11-,14-,15+,16+,17-/m1/s1. The summed E-state index contributed by atoms with van der Waals surface area (Å²) >= 11 is 0. The topological polar surface area (TPSA) is 181 Å². The van der Waals surface area contributed by atoms with Crippen LogP contribution in [0.2, 0.25) is 0 Å². The van der Waals surface area contributed by atoms with Crippen LogP contribution in [0, 0.1) is 5.92 Å². The molecule has 2 aliphatic rings. The lowest BCUT2D eigenvalue weighted by Crippen LogP contribution is -2.56. The van der Waals surface area contributed by atoms with Crippen molar-refractivity contribution in [2.75, 3.05) is 20.8 Å². The maximum atomic E-state index is 11.8. The molecule has 1 heterocycles. The van der Waals surface area contributed by atoms with Gasteiger partial charge in [0, 0.05) is 6.42 Å². The fourth-order valence-corrected chi connectivity index (χ4v) is 3.54. The van der Waals surface area contributed by atoms with Crippen molar-refractivity contribution in [1.82, 2.24) is 0 Å². The highest BCUT2D eigenvalue weighted by Crippen LogP contribution is 2.49. The van der Waals surface area contributed by atoms with Gasteiger partial charge >= 0.3 is 11.9 Å². The summed E-state index contributed by atoms with van der Waals surface area (Å²) in [5.74, 6) is -3.45. The molecule has 0 spiro atoms. The molecule has 1 aliphatic carbocycles. The number of hydrogen-bond acceptors (Lipinski definition) is 12. The normalized spacial score (nSPS) is 36.5. The summed E-state index contributed by atoms with van der Waals surface area (Å²) in [4.78, 5) is 23.5. The van der Waals surface area contributed by atoms with Crippen molar-refractivity contribution in [3.05, 3.63) is 12.3 Å². The second-order valence-corrected chi connectivity index (χ2v) is 7.05. The van der Waals surface area contributed by atoms with Gasteiger partial charge in [-0.25, -0.2) is 9.59 Å². The minimum absolute atomic E-state index is 0.214. The van der Waals surface area contributed by atoms with Crippen LogP contribution in [0.4, 0.5) is 0 Å². The molecule has 0 bridgehead atoms. The lowest BCUT2D eigenvalue weighted by molar-refractivity contribution is -0.311. The molecule has 12 nitrogen and oxygen atoms in total. The smallest absolute Gasteiger partial charge is 0.340 e. The molecule has 0 unspecified atom stereocenters. The number of ether oxygens (including phenoxy) is 5. The van der Waals surface area contributed by atoms with Crippen molar-refractivity contribution in [2.24, 2.45) is 5.92 Å². The van der Waals surface area contributed by atoms with Gasteiger partial charge in [0.05, 0.1) is 44.7 Å². The van der Waals surface area contributed by atoms with Gasteiger partial charge in [0.1, 0.15) is 5.60 Å². The Kier molecular flexibility index (Phi) is 7.22. The third-order valence-corrected chi connectivity index (χ3v) is 5.03. The van der Waals surface area contributed by atoms with Crippen molar-refractivity contribution >= 4 is 11.9 Å². The number of methoxy groups -OCH3 is 2. The summed E-state index contributed by atoms with van der Waals surface area (Å²) in [6, 6.07) is 0. The van der Waals surface area contributed by atoms with E-state index in [2.05, 4.69) is 9.47 Å². The Hall–Kier alpha value is -1.80. The molecule has 0 amide bonds. The van der Waals surface area contributed by atoms with Gasteiger partial charge in [0.15, 0.2) is 12.4 Å². The number of rotatable bonds is 8. The number of aliphatic hydroxyl groups is 5. The Labute approximate surface area is 166 Å². The summed E-state index contributed by atoms with van der Waals surface area (Å²) in [6.07, 6.45) is -6.54. The minimum Gasteiger partial charge on any atom is -0.472 e. The SMILES string of the molecule is COC(=O)[C@@H](CO)O[C@H](O[C@@H]1OC=C[C@@]2(O)[C@H](O)C[C@](C)(O)[C@@H]12)[C@@H](O)C(=O)OC. The van der Waals surface area contributed by atoms with E-state index in [9.17, 15) is 35.1 Å². The van der Waals surface area contributed by atoms with Crippen LogP contribution in [-0.2, 0) is 33.3 Å². The molecule has 2 rings (SSSR count). The van der Waals surface area contributed by atoms with Crippen molar-refractivity contribution in [2.45, 2.75) is 55.4 Å². The van der Waals surface area contributed by atoms with Crippen LogP contribution in [0.5, 0.6) is 0 Å². The summed E-state index contributed by atoms with van der Waals surface area (Å²) < 4.78 is 24.8. The largest absolute Gasteiger partial charge is 0.472 e. The Morgan fingerprint density at radius 1 is 1.24 bits per heavy atom. The van der Waals surface area contributed by atoms with E-state index in [0.717, 1.165) is 26.6 Å². The zero-order valence-corrected chi connectivity index (χ0v) is 16.1. The number of aliphatic hydroxyl groups excluding tert-OH is 3. The van der Waals surface area contributed by atoms with E-state index < -0.39 is 66.6 Å². The first-order chi connectivity index (χ1) is 13.5. The molecule has 29 heavy (non-hydrogen) atoms. The van der Waals surface area contributed by atoms with E-state index in [-0.39, 0.29) is 6.42 Å². The zero-order valence-electron chi connectivity index (χ0n) is 16.1. The zero-order chi connectivity index (χ0) is 22.0. The fourth-order valence-electron chi connectivity index (χ4n) is 3.54. The highest BCUT2D eigenvalue weighted by molar-refractivity contribution is 5.76. The van der Waals surface area contributed by atoms with Crippen LogP contribution < -0.4 is 0 Å². The summed E-state index contributed by atoms with van der Waals surface area (Å²) in [5, 5.41) is 51.1. The highest BCUT2D eigenvalue weighted by atomic mass is 16.8. The summed E-state index contributed by atoms with van der Waals surface area (Å²) in [5.41, 5.74) is -3.59. The number of hydrogen-bond donors (Lipinski definition) is 5. The van der Waals surface area contributed by atoms with Crippen LogP contribution in [0.1, 0.15) is 13.3 Å². The minimum atomic E-state index is -2.09. The summed E-state index contributed by atoms with van der Waals surface area (Å²) in [7, 11) is 2.02. The first-order valence-corrected chi connectivity index (χ1v) is 8.73. The second-order valence-electron chi connectivity index (χ2n) is 7.05. The molecule has 0 saturated heterocycles. The molecule has 0 aromatic heterocycles. The highest BCUT2D eigenvalue weighted by Gasteiger charge is 2.64. The van der Waals surface area contributed by atoms with Gasteiger partial charge in [-0.05, 0) is 13.0 Å². The van der Waals surface area contributed by atoms with Crippen LogP contribution in [0.15, 0.2) is 12.3 Å². The van der Waals surface area contributed by atoms with E-state index in [0.29, 0.717) is 0 Å². The van der Waals surface area contributed by atoms with Crippen molar-refractivity contribution in [1.29, 1.82) is 0 Å². The first kappa shape index (κ1) is 23.5. The van der Waals surface area contributed by atoms with Gasteiger partial charge < -0.3 is 49.2 Å². The Morgan fingerprint density at radius 3 is 2.41 bits per heavy atom. The van der Waals surface area contributed by atoms with E-state index in [1.54, 1.807) is 0 Å². The van der Waals surface area contributed by atoms with Gasteiger partial charge in [-0.15, -0.1) is 0 Å². The van der Waals surface area contributed by atoms with Crippen LogP contribution in [0.3, 0.4) is 0 Å². The van der Waals surface area contributed by atoms with E-state index in [1.807, 2.05) is 0 Å². The van der Waals surface area contributed by atoms with Crippen molar-refractivity contribution < 1.29 is 58.8 Å². The number of carbonyl (C=O) groups excluding carboxylic acids is 2. The van der Waals surface area contributed by atoms with Gasteiger partial charge in [-0.1, -0.05) is 0 Å². The molecular weight excluding hydrogens is 396 g/mol. The molecule has 1 saturated carbocycles. The molecular formula is C17H26O12. The van der Waals surface area contributed by atoms with Gasteiger partial charge in [-0.3, -0.25) is 0 Å². The maximum Gasteiger partial charge on any atom is 0.340 e. The molecule has 166 valence electrons. The lowest BCUT2D eigenvalue weighted by Gasteiger charge is -2.42. The molecule has 8 atom stereocenters. The number of esters is 2. The quantitative estimate of drug-likeness (QED) is 0.200. The lowest BCUT2D eigenvalue weighted by atomic mass is 9.81. The molecule has 0 aromatic rings. The molecule has 0 aromatic carbocycles. The molecule has 12 heteroatoms. The van der Waals surface area contributed by atoms with Crippen LogP contribution in [-0.4, -0.2) is 100 Å². The Balaban J connectivity index is 2.31. The number of carbonyl (C=O) groups is 2. The summed E-state index contributed by atoms with van der Waals surface area (Å²) in [6.45, 7) is 0.477. The monoisotopic (exact) mass is 422 g/mol. The Bertz CT molecular complexity index is 634. The molecule has 1 fully saturated rings. The molecule has 1 aliphatic heterocycles. The van der Waals surface area contributed by atoms with Crippen molar-refractivity contribution in [3.8, 4) is 0 Å². The third-order valence-electron chi connectivity index (χ3n) is 5.03. The van der Waals surface area contributed by atoms with E-state index in [4.69, 9.17) is 14.2 Å². The Morgan fingerprint density at radius 2 is 1.86 bits per heavy atom. The van der Waals surface area contributed by atoms with Gasteiger partial charge in [0.25, 0.3) is 0 Å². The van der Waals surface area contributed by atoms with Gasteiger partial charge in [0.2, 0.25) is 12.4 Å². The van der Waals surface area contributed by atoms with E-state index in [1.165, 1.54) is 6.92 Å². The predicted octanol–water partition coefficient (Wildman–Crippen LogP) is -2.85. The first-order valence-electron chi connectivity index (χ1n) is 8.73. The predicted molar refractivity (Wildman–Crippen MR) is 90.6 cm³/mol.